The molecule has 26 heavy (non-hydrogen) atoms. The second-order valence-electron chi connectivity index (χ2n) is 6.82. The molecular formula is C20H31N5S. The van der Waals surface area contributed by atoms with Crippen molar-refractivity contribution in [2.24, 2.45) is 5.92 Å². The quantitative estimate of drug-likeness (QED) is 0.662. The summed E-state index contributed by atoms with van der Waals surface area (Å²) < 4.78 is 1.76. The van der Waals surface area contributed by atoms with Gasteiger partial charge in [0, 0.05) is 13.6 Å². The third kappa shape index (κ3) is 5.53. The lowest BCUT2D eigenvalue weighted by Crippen LogP contribution is -2.40. The van der Waals surface area contributed by atoms with Gasteiger partial charge in [-0.15, -0.1) is 0 Å². The van der Waals surface area contributed by atoms with Gasteiger partial charge in [0.25, 0.3) is 0 Å². The number of nitrogens with one attached hydrogen (secondary N) is 1. The number of benzene rings is 1. The molecule has 1 N–H and O–H groups in total. The normalized spacial score (nSPS) is 13.2. The molecule has 1 aromatic carbocycles. The van der Waals surface area contributed by atoms with Crippen LogP contribution in [-0.2, 0) is 0 Å². The molecule has 0 saturated heterocycles. The van der Waals surface area contributed by atoms with Gasteiger partial charge in [-0.25, -0.2) is 9.67 Å². The molecule has 2 atom stereocenters. The van der Waals surface area contributed by atoms with Crippen molar-refractivity contribution in [3.8, 4) is 5.69 Å². The molecule has 6 heteroatoms. The van der Waals surface area contributed by atoms with E-state index in [4.69, 9.17) is 12.2 Å². The zero-order chi connectivity index (χ0) is 18.9. The van der Waals surface area contributed by atoms with Crippen LogP contribution in [0.2, 0.25) is 0 Å². The van der Waals surface area contributed by atoms with Crippen molar-refractivity contribution >= 4 is 17.3 Å². The first-order chi connectivity index (χ1) is 12.6. The van der Waals surface area contributed by atoms with Crippen LogP contribution in [0.5, 0.6) is 0 Å². The van der Waals surface area contributed by atoms with E-state index in [9.17, 15) is 0 Å². The van der Waals surface area contributed by atoms with Gasteiger partial charge in [0.1, 0.15) is 12.7 Å². The van der Waals surface area contributed by atoms with E-state index in [-0.39, 0.29) is 6.04 Å². The molecule has 0 bridgehead atoms. The first kappa shape index (κ1) is 20.4. The summed E-state index contributed by atoms with van der Waals surface area (Å²) in [4.78, 5) is 6.12. The molecule has 1 aromatic heterocycles. The molecule has 0 aliphatic rings. The van der Waals surface area contributed by atoms with Crippen molar-refractivity contribution < 1.29 is 0 Å². The van der Waals surface area contributed by atoms with E-state index in [0.29, 0.717) is 5.92 Å². The highest BCUT2D eigenvalue weighted by Crippen LogP contribution is 2.20. The van der Waals surface area contributed by atoms with Crippen molar-refractivity contribution in [2.75, 3.05) is 13.6 Å². The van der Waals surface area contributed by atoms with Crippen molar-refractivity contribution in [3.05, 3.63) is 42.5 Å². The van der Waals surface area contributed by atoms with Crippen molar-refractivity contribution in [3.63, 3.8) is 0 Å². The van der Waals surface area contributed by atoms with E-state index in [1.165, 1.54) is 31.2 Å². The Morgan fingerprint density at radius 2 is 2.00 bits per heavy atom. The second kappa shape index (κ2) is 10.3. The van der Waals surface area contributed by atoms with Gasteiger partial charge in [0.05, 0.1) is 11.7 Å². The summed E-state index contributed by atoms with van der Waals surface area (Å²) in [6, 6.07) is 8.56. The molecule has 0 fully saturated rings. The smallest absolute Gasteiger partial charge is 0.169 e. The maximum Gasteiger partial charge on any atom is 0.169 e. The zero-order valence-electron chi connectivity index (χ0n) is 16.4. The highest BCUT2D eigenvalue weighted by molar-refractivity contribution is 7.80. The first-order valence-corrected chi connectivity index (χ1v) is 9.93. The molecule has 1 heterocycles. The van der Waals surface area contributed by atoms with Crippen LogP contribution in [-0.4, -0.2) is 38.4 Å². The Kier molecular flexibility index (Phi) is 8.04. The predicted octanol–water partition coefficient (Wildman–Crippen LogP) is 4.35. The van der Waals surface area contributed by atoms with Crippen molar-refractivity contribution in [2.45, 2.75) is 52.5 Å². The number of thiocarbonyl (C=S) groups is 1. The minimum absolute atomic E-state index is 0.204. The number of unbranched alkanes of at least 4 members (excludes halogenated alkanes) is 1. The Hall–Kier alpha value is -1.95. The maximum atomic E-state index is 5.61. The number of nitrogens with zero attached hydrogens (tertiary/aromatic N) is 4. The summed E-state index contributed by atoms with van der Waals surface area (Å²) in [5.74, 6) is 0.693. The zero-order valence-corrected chi connectivity index (χ0v) is 17.2. The molecule has 5 nitrogen and oxygen atoms in total. The average Bonchev–Trinajstić information content (AvgIpc) is 3.21. The predicted molar refractivity (Wildman–Crippen MR) is 111 cm³/mol. The van der Waals surface area contributed by atoms with Crippen LogP contribution in [0.15, 0.2) is 36.9 Å². The van der Waals surface area contributed by atoms with Gasteiger partial charge in [-0.3, -0.25) is 0 Å². The molecule has 2 rings (SSSR count). The minimum atomic E-state index is 0.204. The highest BCUT2D eigenvalue weighted by Gasteiger charge is 2.16. The molecule has 0 aliphatic heterocycles. The molecule has 0 saturated carbocycles. The first-order valence-electron chi connectivity index (χ1n) is 9.52. The molecule has 2 aromatic rings. The molecule has 0 spiro atoms. The van der Waals surface area contributed by atoms with Crippen LogP contribution in [0.4, 0.5) is 0 Å². The Labute approximate surface area is 162 Å². The molecule has 0 radical (unpaired) electrons. The largest absolute Gasteiger partial charge is 0.362 e. The Morgan fingerprint density at radius 3 is 2.58 bits per heavy atom. The molecular weight excluding hydrogens is 342 g/mol. The number of hydrogen-bond donors (Lipinski definition) is 1. The fourth-order valence-electron chi connectivity index (χ4n) is 2.95. The fourth-order valence-corrected chi connectivity index (χ4v) is 3.19. The topological polar surface area (TPSA) is 46.0 Å². The molecule has 0 unspecified atom stereocenters. The van der Waals surface area contributed by atoms with E-state index in [1.807, 2.05) is 0 Å². The summed E-state index contributed by atoms with van der Waals surface area (Å²) in [5.41, 5.74) is 2.22. The molecule has 0 aliphatic carbocycles. The molecule has 0 amide bonds. The van der Waals surface area contributed by atoms with Crippen molar-refractivity contribution in [1.82, 2.24) is 25.0 Å². The number of aromatic nitrogens is 3. The van der Waals surface area contributed by atoms with Gasteiger partial charge in [0.2, 0.25) is 0 Å². The van der Waals surface area contributed by atoms with Gasteiger partial charge < -0.3 is 10.2 Å². The van der Waals surface area contributed by atoms with E-state index in [0.717, 1.165) is 17.3 Å². The van der Waals surface area contributed by atoms with Crippen LogP contribution in [0.3, 0.4) is 0 Å². The summed E-state index contributed by atoms with van der Waals surface area (Å²) >= 11 is 5.61. The monoisotopic (exact) mass is 373 g/mol. The number of hydrogen-bond acceptors (Lipinski definition) is 3. The van der Waals surface area contributed by atoms with Crippen molar-refractivity contribution in [1.29, 1.82) is 0 Å². The standard InChI is InChI=1S/C20H31N5S/c1-5-7-8-17(6-2)13-22-20(26)24(4)16(3)18-9-11-19(12-10-18)25-15-21-14-23-25/h9-12,14-17H,5-8,13H2,1-4H3,(H,22,26)/t16-,17-/m0/s1. The molecule has 142 valence electrons. The summed E-state index contributed by atoms with van der Waals surface area (Å²) in [6.07, 6.45) is 8.24. The lowest BCUT2D eigenvalue weighted by molar-refractivity contribution is 0.382. The van der Waals surface area contributed by atoms with E-state index in [1.54, 1.807) is 17.3 Å². The van der Waals surface area contributed by atoms with Crippen LogP contribution >= 0.6 is 12.2 Å². The van der Waals surface area contributed by atoms with Gasteiger partial charge in [-0.1, -0.05) is 45.2 Å². The van der Waals surface area contributed by atoms with Crippen LogP contribution in [0.25, 0.3) is 5.69 Å². The Balaban J connectivity index is 1.91. The summed E-state index contributed by atoms with van der Waals surface area (Å²) in [6.45, 7) is 7.63. The van der Waals surface area contributed by atoms with Gasteiger partial charge in [0.15, 0.2) is 5.11 Å². The second-order valence-corrected chi connectivity index (χ2v) is 7.21. The van der Waals surface area contributed by atoms with Gasteiger partial charge in [-0.2, -0.15) is 5.10 Å². The average molecular weight is 374 g/mol. The Morgan fingerprint density at radius 1 is 1.27 bits per heavy atom. The highest BCUT2D eigenvalue weighted by atomic mass is 32.1. The number of rotatable bonds is 9. The lowest BCUT2D eigenvalue weighted by atomic mass is 9.99. The van der Waals surface area contributed by atoms with E-state index >= 15 is 0 Å². The summed E-state index contributed by atoms with van der Waals surface area (Å²) in [7, 11) is 2.05. The Bertz CT molecular complexity index is 653. The minimum Gasteiger partial charge on any atom is -0.362 e. The third-order valence-electron chi connectivity index (χ3n) is 5.05. The van der Waals surface area contributed by atoms with Crippen LogP contribution < -0.4 is 5.32 Å². The van der Waals surface area contributed by atoms with Crippen LogP contribution in [0, 0.1) is 5.92 Å². The van der Waals surface area contributed by atoms with Gasteiger partial charge in [-0.05, 0) is 49.2 Å². The maximum absolute atomic E-state index is 5.61. The third-order valence-corrected chi connectivity index (χ3v) is 5.48. The SMILES string of the molecule is CCCC[C@H](CC)CNC(=S)N(C)[C@@H](C)c1ccc(-n2cncn2)cc1. The van der Waals surface area contributed by atoms with Crippen LogP contribution in [0.1, 0.15) is 58.1 Å². The van der Waals surface area contributed by atoms with E-state index < -0.39 is 0 Å². The summed E-state index contributed by atoms with van der Waals surface area (Å²) in [5, 5.41) is 8.43. The van der Waals surface area contributed by atoms with E-state index in [2.05, 4.69) is 72.4 Å². The van der Waals surface area contributed by atoms with Gasteiger partial charge >= 0.3 is 0 Å². The fraction of sp³-hybridized carbons (Fsp3) is 0.550. The lowest BCUT2D eigenvalue weighted by Gasteiger charge is -2.29.